The van der Waals surface area contributed by atoms with Gasteiger partial charge in [-0.05, 0) is 25.8 Å². The molecule has 0 aliphatic carbocycles. The minimum absolute atomic E-state index is 0.0199. The van der Waals surface area contributed by atoms with Gasteiger partial charge in [0.15, 0.2) is 9.84 Å². The number of aromatic nitrogens is 2. The molecule has 1 aliphatic heterocycles. The molecule has 3 rings (SSSR count). The fraction of sp³-hybridized carbons (Fsp3) is 0.533. The summed E-state index contributed by atoms with van der Waals surface area (Å²) in [6.07, 6.45) is 0.474. The molecule has 1 fully saturated rings. The van der Waals surface area contributed by atoms with Crippen LogP contribution in [0.15, 0.2) is 4.79 Å². The summed E-state index contributed by atoms with van der Waals surface area (Å²) in [5.74, 6) is 1.11. The van der Waals surface area contributed by atoms with E-state index < -0.39 is 9.84 Å². The van der Waals surface area contributed by atoms with Crippen LogP contribution in [0.25, 0.3) is 10.2 Å². The zero-order valence-electron chi connectivity index (χ0n) is 13.9. The van der Waals surface area contributed by atoms with Gasteiger partial charge in [0.1, 0.15) is 10.7 Å². The Morgan fingerprint density at radius 3 is 2.88 bits per heavy atom. The number of thioether (sulfide) groups is 1. The van der Waals surface area contributed by atoms with Crippen molar-refractivity contribution in [3.63, 3.8) is 0 Å². The molecule has 1 amide bonds. The van der Waals surface area contributed by atoms with Gasteiger partial charge in [0.05, 0.1) is 28.4 Å². The summed E-state index contributed by atoms with van der Waals surface area (Å²) in [5, 5.41) is 3.38. The molecule has 2 aromatic heterocycles. The number of carbonyl (C=O) groups excluding carboxylic acids is 1. The van der Waals surface area contributed by atoms with E-state index in [0.29, 0.717) is 23.4 Å². The van der Waals surface area contributed by atoms with Gasteiger partial charge >= 0.3 is 0 Å². The topological polar surface area (TPSA) is 109 Å². The molecule has 0 radical (unpaired) electrons. The highest BCUT2D eigenvalue weighted by atomic mass is 32.2. The SMILES string of the molecule is Cc1sc2nc(CSCC(=O)N[C@H]3CCS(=O)(=O)C3)[nH]c(=O)c2c1C. The highest BCUT2D eigenvalue weighted by Gasteiger charge is 2.28. The van der Waals surface area contributed by atoms with E-state index in [9.17, 15) is 18.0 Å². The lowest BCUT2D eigenvalue weighted by Gasteiger charge is -2.10. The molecular weight excluding hydrogens is 382 g/mol. The summed E-state index contributed by atoms with van der Waals surface area (Å²) < 4.78 is 22.8. The van der Waals surface area contributed by atoms with Crippen molar-refractivity contribution in [2.45, 2.75) is 32.1 Å². The Morgan fingerprint density at radius 2 is 2.20 bits per heavy atom. The number of fused-ring (bicyclic) bond motifs is 1. The molecule has 136 valence electrons. The molecule has 0 unspecified atom stereocenters. The van der Waals surface area contributed by atoms with Gasteiger partial charge in [0.2, 0.25) is 5.91 Å². The second kappa shape index (κ2) is 7.08. The predicted molar refractivity (Wildman–Crippen MR) is 101 cm³/mol. The second-order valence-electron chi connectivity index (χ2n) is 6.14. The second-order valence-corrected chi connectivity index (χ2v) is 10.6. The summed E-state index contributed by atoms with van der Waals surface area (Å²) >= 11 is 2.83. The van der Waals surface area contributed by atoms with Crippen LogP contribution in [-0.2, 0) is 20.4 Å². The van der Waals surface area contributed by atoms with Crippen molar-refractivity contribution in [1.82, 2.24) is 15.3 Å². The van der Waals surface area contributed by atoms with Gasteiger partial charge < -0.3 is 10.3 Å². The van der Waals surface area contributed by atoms with Gasteiger partial charge in [-0.1, -0.05) is 0 Å². The van der Waals surface area contributed by atoms with Crippen LogP contribution in [0, 0.1) is 13.8 Å². The first kappa shape index (κ1) is 18.4. The van der Waals surface area contributed by atoms with Gasteiger partial charge in [-0.25, -0.2) is 13.4 Å². The van der Waals surface area contributed by atoms with Crippen LogP contribution in [0.3, 0.4) is 0 Å². The molecule has 3 heterocycles. The lowest BCUT2D eigenvalue weighted by Crippen LogP contribution is -2.36. The van der Waals surface area contributed by atoms with Gasteiger partial charge in [0.25, 0.3) is 5.56 Å². The van der Waals surface area contributed by atoms with Gasteiger partial charge in [0, 0.05) is 10.9 Å². The summed E-state index contributed by atoms with van der Waals surface area (Å²) in [5.41, 5.74) is 0.807. The Hall–Kier alpha value is -1.39. The zero-order valence-corrected chi connectivity index (χ0v) is 16.4. The molecule has 1 aliphatic rings. The molecule has 10 heteroatoms. The maximum atomic E-state index is 12.2. The molecule has 25 heavy (non-hydrogen) atoms. The molecule has 7 nitrogen and oxygen atoms in total. The fourth-order valence-electron chi connectivity index (χ4n) is 2.79. The van der Waals surface area contributed by atoms with E-state index in [1.807, 2.05) is 13.8 Å². The Morgan fingerprint density at radius 1 is 1.44 bits per heavy atom. The minimum Gasteiger partial charge on any atom is -0.352 e. The van der Waals surface area contributed by atoms with Gasteiger partial charge in [-0.15, -0.1) is 23.1 Å². The fourth-order valence-corrected chi connectivity index (χ4v) is 6.21. The van der Waals surface area contributed by atoms with Crippen molar-refractivity contribution in [3.8, 4) is 0 Å². The molecule has 1 saturated heterocycles. The van der Waals surface area contributed by atoms with Gasteiger partial charge in [-0.3, -0.25) is 9.59 Å². The molecule has 0 bridgehead atoms. The quantitative estimate of drug-likeness (QED) is 0.778. The van der Waals surface area contributed by atoms with Crippen molar-refractivity contribution in [2.75, 3.05) is 17.3 Å². The number of nitrogens with one attached hydrogen (secondary N) is 2. The van der Waals surface area contributed by atoms with Crippen molar-refractivity contribution >= 4 is 49.1 Å². The lowest BCUT2D eigenvalue weighted by molar-refractivity contribution is -0.119. The number of carbonyl (C=O) groups is 1. The molecule has 0 spiro atoms. The zero-order chi connectivity index (χ0) is 18.2. The van der Waals surface area contributed by atoms with Crippen LogP contribution >= 0.6 is 23.1 Å². The largest absolute Gasteiger partial charge is 0.352 e. The molecule has 2 N–H and O–H groups in total. The van der Waals surface area contributed by atoms with Crippen molar-refractivity contribution in [3.05, 3.63) is 26.6 Å². The number of aryl methyl sites for hydroxylation is 2. The maximum absolute atomic E-state index is 12.2. The van der Waals surface area contributed by atoms with Crippen molar-refractivity contribution < 1.29 is 13.2 Å². The smallest absolute Gasteiger partial charge is 0.259 e. The Labute approximate surface area is 153 Å². The van der Waals surface area contributed by atoms with E-state index in [-0.39, 0.29) is 34.8 Å². The van der Waals surface area contributed by atoms with Crippen LogP contribution in [-0.4, -0.2) is 47.6 Å². The number of thiophene rings is 1. The van der Waals surface area contributed by atoms with Gasteiger partial charge in [-0.2, -0.15) is 0 Å². The average Bonchev–Trinajstić information content (AvgIpc) is 2.98. The molecule has 1 atom stereocenters. The number of rotatable bonds is 5. The van der Waals surface area contributed by atoms with Crippen LogP contribution in [0.5, 0.6) is 0 Å². The van der Waals surface area contributed by atoms with E-state index in [4.69, 9.17) is 0 Å². The third-order valence-electron chi connectivity index (χ3n) is 4.16. The maximum Gasteiger partial charge on any atom is 0.259 e. The summed E-state index contributed by atoms with van der Waals surface area (Å²) in [7, 11) is -3.00. The number of nitrogens with zero attached hydrogens (tertiary/aromatic N) is 1. The molecule has 0 aromatic carbocycles. The highest BCUT2D eigenvalue weighted by Crippen LogP contribution is 2.26. The normalized spacial score (nSPS) is 19.4. The van der Waals surface area contributed by atoms with Crippen LogP contribution < -0.4 is 10.9 Å². The Balaban J connectivity index is 1.56. The lowest BCUT2D eigenvalue weighted by atomic mass is 10.2. The highest BCUT2D eigenvalue weighted by molar-refractivity contribution is 7.99. The van der Waals surface area contributed by atoms with E-state index >= 15 is 0 Å². The molecule has 0 saturated carbocycles. The van der Waals surface area contributed by atoms with Crippen LogP contribution in [0.2, 0.25) is 0 Å². The summed E-state index contributed by atoms with van der Waals surface area (Å²) in [6.45, 7) is 3.87. The van der Waals surface area contributed by atoms with E-state index in [0.717, 1.165) is 15.3 Å². The van der Waals surface area contributed by atoms with Crippen LogP contribution in [0.4, 0.5) is 0 Å². The first-order valence-electron chi connectivity index (χ1n) is 7.81. The number of sulfone groups is 1. The van der Waals surface area contributed by atoms with Crippen molar-refractivity contribution in [2.24, 2.45) is 0 Å². The van der Waals surface area contributed by atoms with E-state index in [2.05, 4.69) is 15.3 Å². The number of amides is 1. The third-order valence-corrected chi connectivity index (χ3v) is 7.97. The standard InChI is InChI=1S/C15H19N3O4S3/c1-8-9(2)24-15-13(8)14(20)17-11(18-15)5-23-6-12(19)16-10-3-4-25(21,22)7-10/h10H,3-7H2,1-2H3,(H,16,19)(H,17,18,20)/t10-/m0/s1. The van der Waals surface area contributed by atoms with Crippen LogP contribution in [0.1, 0.15) is 22.7 Å². The first-order chi connectivity index (χ1) is 11.7. The predicted octanol–water partition coefficient (Wildman–Crippen LogP) is 1.14. The number of H-pyrrole nitrogens is 1. The van der Waals surface area contributed by atoms with Crippen molar-refractivity contribution in [1.29, 1.82) is 0 Å². The number of aromatic amines is 1. The number of hydrogen-bond donors (Lipinski definition) is 2. The average molecular weight is 402 g/mol. The monoisotopic (exact) mass is 401 g/mol. The number of hydrogen-bond acceptors (Lipinski definition) is 7. The Kier molecular flexibility index (Phi) is 5.21. The van der Waals surface area contributed by atoms with E-state index in [1.54, 1.807) is 0 Å². The Bertz CT molecular complexity index is 978. The van der Waals surface area contributed by atoms with E-state index in [1.165, 1.54) is 23.1 Å². The third kappa shape index (κ3) is 4.24. The summed E-state index contributed by atoms with van der Waals surface area (Å²) in [4.78, 5) is 33.1. The summed E-state index contributed by atoms with van der Waals surface area (Å²) in [6, 6.07) is -0.288. The molecule has 2 aromatic rings. The molecular formula is C15H19N3O4S3. The first-order valence-corrected chi connectivity index (χ1v) is 11.6. The minimum atomic E-state index is -3.00.